The van der Waals surface area contributed by atoms with Crippen LogP contribution in [0.1, 0.15) is 71.1 Å². The van der Waals surface area contributed by atoms with Crippen LogP contribution in [0, 0.1) is 11.8 Å². The van der Waals surface area contributed by atoms with Crippen LogP contribution in [0.4, 0.5) is 0 Å². The molecule has 1 heterocycles. The van der Waals surface area contributed by atoms with Crippen molar-refractivity contribution in [2.75, 3.05) is 26.3 Å². The van der Waals surface area contributed by atoms with Crippen LogP contribution in [0.2, 0.25) is 0 Å². The van der Waals surface area contributed by atoms with Crippen LogP contribution in [-0.2, 0) is 20.8 Å². The number of phenols is 2. The fraction of sp³-hybridized carbons (Fsp3) is 0.533. The lowest BCUT2D eigenvalue weighted by molar-refractivity contribution is -0.137. The summed E-state index contributed by atoms with van der Waals surface area (Å²) in [5, 5.41) is 25.0. The van der Waals surface area contributed by atoms with Gasteiger partial charge in [0, 0.05) is 31.1 Å². The number of carbonyl (C=O) groups is 1. The Balaban J connectivity index is 0.00000334. The largest absolute Gasteiger partial charge is 0.508 e. The molecule has 2 N–H and O–H groups in total. The molecule has 1 aromatic carbocycles. The molecule has 1 amide bonds. The maximum Gasteiger partial charge on any atom is 0.263 e. The highest BCUT2D eigenvalue weighted by atomic mass is 16.6. The molecule has 0 aliphatic carbocycles. The van der Waals surface area contributed by atoms with Gasteiger partial charge in [-0.2, -0.15) is 0 Å². The summed E-state index contributed by atoms with van der Waals surface area (Å²) in [6, 6.07) is 2.93. The molecule has 7 nitrogen and oxygen atoms in total. The summed E-state index contributed by atoms with van der Waals surface area (Å²) in [7, 11) is 0. The SMILES string of the molecule is C=C.CC(C)CN(CC(C)C)C(=O)CO/N=C1\C=C\CC/C=C/CCOC(C)c2c(O)cc(O)cc2C1. The monoisotopic (exact) mass is 514 g/mol. The summed E-state index contributed by atoms with van der Waals surface area (Å²) < 4.78 is 5.94. The predicted octanol–water partition coefficient (Wildman–Crippen LogP) is 6.33. The maximum atomic E-state index is 12.8. The Bertz CT molecular complexity index is 911. The van der Waals surface area contributed by atoms with Crippen molar-refractivity contribution in [3.63, 3.8) is 0 Å². The Kier molecular flexibility index (Phi) is 15.0. The lowest BCUT2D eigenvalue weighted by atomic mass is 9.96. The normalized spacial score (nSPS) is 19.3. The Morgan fingerprint density at radius 3 is 2.35 bits per heavy atom. The minimum Gasteiger partial charge on any atom is -0.508 e. The second-order valence-corrected chi connectivity index (χ2v) is 9.91. The van der Waals surface area contributed by atoms with Crippen LogP contribution < -0.4 is 0 Å². The number of amides is 1. The lowest BCUT2D eigenvalue weighted by Gasteiger charge is -2.25. The third-order valence-corrected chi connectivity index (χ3v) is 5.53. The Hall–Kier alpha value is -3.06. The standard InChI is InChI=1S/C28H42N2O5.C2H4/c1-20(2)17-30(18-21(3)4)27(33)19-35-29-24-12-10-8-6-7-9-11-13-34-22(5)28-23(14-24)15-25(31)16-26(28)32;1-2/h7,9-10,12,15-16,20-22,31-32H,6,8,11,13-14,17-19H2,1-5H3;1-2H2/b9-7+,12-10+,29-24+;. The van der Waals surface area contributed by atoms with Gasteiger partial charge in [-0.1, -0.05) is 51.1 Å². The summed E-state index contributed by atoms with van der Waals surface area (Å²) in [6.07, 6.45) is 10.6. The Morgan fingerprint density at radius 1 is 1.08 bits per heavy atom. The van der Waals surface area contributed by atoms with E-state index in [9.17, 15) is 15.0 Å². The smallest absolute Gasteiger partial charge is 0.263 e. The molecular weight excluding hydrogens is 468 g/mol. The first kappa shape index (κ1) is 32.0. The van der Waals surface area contributed by atoms with Gasteiger partial charge in [0.05, 0.1) is 18.4 Å². The molecule has 7 heteroatoms. The molecule has 1 aromatic rings. The average Bonchev–Trinajstić information content (AvgIpc) is 2.82. The molecule has 0 saturated carbocycles. The van der Waals surface area contributed by atoms with Gasteiger partial charge in [-0.15, -0.1) is 13.2 Å². The van der Waals surface area contributed by atoms with Gasteiger partial charge in [0.1, 0.15) is 11.5 Å². The second-order valence-electron chi connectivity index (χ2n) is 9.91. The lowest BCUT2D eigenvalue weighted by Crippen LogP contribution is -2.39. The number of benzene rings is 1. The van der Waals surface area contributed by atoms with Crippen LogP contribution in [0.5, 0.6) is 11.5 Å². The minimum atomic E-state index is -0.365. The van der Waals surface area contributed by atoms with Gasteiger partial charge in [0.15, 0.2) is 6.61 Å². The van der Waals surface area contributed by atoms with E-state index in [0.717, 1.165) is 19.3 Å². The highest BCUT2D eigenvalue weighted by Gasteiger charge is 2.20. The van der Waals surface area contributed by atoms with E-state index < -0.39 is 0 Å². The van der Waals surface area contributed by atoms with Gasteiger partial charge >= 0.3 is 0 Å². The van der Waals surface area contributed by atoms with E-state index in [1.807, 2.05) is 24.0 Å². The van der Waals surface area contributed by atoms with E-state index in [-0.39, 0.29) is 30.1 Å². The van der Waals surface area contributed by atoms with Gasteiger partial charge in [0.2, 0.25) is 0 Å². The second kappa shape index (κ2) is 17.4. The number of aromatic hydroxyl groups is 2. The first-order valence-electron chi connectivity index (χ1n) is 13.1. The highest BCUT2D eigenvalue weighted by molar-refractivity contribution is 5.96. The van der Waals surface area contributed by atoms with E-state index in [4.69, 9.17) is 9.57 Å². The molecule has 0 aromatic heterocycles. The van der Waals surface area contributed by atoms with Crippen molar-refractivity contribution >= 4 is 11.6 Å². The molecule has 2 rings (SSSR count). The summed E-state index contributed by atoms with van der Waals surface area (Å²) in [6.45, 7) is 18.0. The molecular formula is C30H46N2O5. The number of phenolic OH excluding ortho intramolecular Hbond substituents is 2. The number of allylic oxidation sites excluding steroid dienone is 3. The summed E-state index contributed by atoms with van der Waals surface area (Å²) >= 11 is 0. The van der Waals surface area contributed by atoms with Gasteiger partial charge < -0.3 is 24.7 Å². The molecule has 1 aliphatic rings. The van der Waals surface area contributed by atoms with Crippen molar-refractivity contribution in [1.82, 2.24) is 4.90 Å². The van der Waals surface area contributed by atoms with Crippen LogP contribution in [0.15, 0.2) is 54.8 Å². The minimum absolute atomic E-state index is 0.0208. The van der Waals surface area contributed by atoms with E-state index in [2.05, 4.69) is 58.2 Å². The fourth-order valence-electron chi connectivity index (χ4n) is 4.08. The molecule has 0 radical (unpaired) electrons. The number of ether oxygens (including phenoxy) is 1. The summed E-state index contributed by atoms with van der Waals surface area (Å²) in [4.78, 5) is 20.1. The van der Waals surface area contributed by atoms with E-state index in [1.165, 1.54) is 6.07 Å². The fourth-order valence-corrected chi connectivity index (χ4v) is 4.08. The van der Waals surface area contributed by atoms with Gasteiger partial charge in [-0.25, -0.2) is 0 Å². The molecule has 0 bridgehead atoms. The first-order valence-corrected chi connectivity index (χ1v) is 13.1. The number of hydrogen-bond donors (Lipinski definition) is 2. The zero-order valence-corrected chi connectivity index (χ0v) is 23.3. The molecule has 37 heavy (non-hydrogen) atoms. The van der Waals surface area contributed by atoms with Crippen LogP contribution in [0.3, 0.4) is 0 Å². The topological polar surface area (TPSA) is 91.6 Å². The average molecular weight is 515 g/mol. The van der Waals surface area contributed by atoms with Gasteiger partial charge in [-0.05, 0) is 55.7 Å². The molecule has 0 saturated heterocycles. The third-order valence-electron chi connectivity index (χ3n) is 5.53. The van der Waals surface area contributed by atoms with Crippen LogP contribution in [-0.4, -0.2) is 53.0 Å². The molecule has 1 atom stereocenters. The highest BCUT2D eigenvalue weighted by Crippen LogP contribution is 2.34. The Labute approximate surface area is 223 Å². The number of hydrogen-bond acceptors (Lipinski definition) is 6. The number of carbonyl (C=O) groups excluding carboxylic acids is 1. The number of nitrogens with zero attached hydrogens (tertiary/aromatic N) is 2. The van der Waals surface area contributed by atoms with Crippen molar-refractivity contribution in [2.45, 2.75) is 66.4 Å². The van der Waals surface area contributed by atoms with Crippen molar-refractivity contribution < 1.29 is 24.6 Å². The van der Waals surface area contributed by atoms with Crippen molar-refractivity contribution in [3.05, 3.63) is 60.7 Å². The van der Waals surface area contributed by atoms with E-state index >= 15 is 0 Å². The summed E-state index contributed by atoms with van der Waals surface area (Å²) in [5.74, 6) is 0.579. The zero-order valence-electron chi connectivity index (χ0n) is 23.3. The quantitative estimate of drug-likeness (QED) is 0.328. The number of rotatable bonds is 7. The van der Waals surface area contributed by atoms with Crippen molar-refractivity contribution in [3.8, 4) is 11.5 Å². The van der Waals surface area contributed by atoms with Crippen molar-refractivity contribution in [1.29, 1.82) is 0 Å². The molecule has 0 spiro atoms. The molecule has 1 aliphatic heterocycles. The molecule has 1 unspecified atom stereocenters. The first-order chi connectivity index (χ1) is 17.7. The molecule has 0 fully saturated rings. The summed E-state index contributed by atoms with van der Waals surface area (Å²) in [5.41, 5.74) is 1.90. The number of fused-ring (bicyclic) bond motifs is 1. The maximum absolute atomic E-state index is 12.8. The predicted molar refractivity (Wildman–Crippen MR) is 151 cm³/mol. The van der Waals surface area contributed by atoms with Gasteiger partial charge in [-0.3, -0.25) is 4.79 Å². The zero-order chi connectivity index (χ0) is 27.8. The number of oxime groups is 1. The molecule has 206 valence electrons. The van der Waals surface area contributed by atoms with Crippen LogP contribution >= 0.6 is 0 Å². The van der Waals surface area contributed by atoms with E-state index in [1.54, 1.807) is 6.07 Å². The van der Waals surface area contributed by atoms with E-state index in [0.29, 0.717) is 54.8 Å². The van der Waals surface area contributed by atoms with Gasteiger partial charge in [0.25, 0.3) is 5.91 Å². The Morgan fingerprint density at radius 2 is 1.70 bits per heavy atom. The van der Waals surface area contributed by atoms with Crippen LogP contribution in [0.25, 0.3) is 0 Å². The van der Waals surface area contributed by atoms with Crippen molar-refractivity contribution in [2.24, 2.45) is 17.0 Å². The third kappa shape index (κ3) is 12.2.